The highest BCUT2D eigenvalue weighted by Gasteiger charge is 2.16. The van der Waals surface area contributed by atoms with E-state index in [9.17, 15) is 0 Å². The lowest BCUT2D eigenvalue weighted by molar-refractivity contribution is 0.476. The van der Waals surface area contributed by atoms with E-state index >= 15 is 0 Å². The molecule has 0 aromatic carbocycles. The molecular weight excluding hydrogens is 316 g/mol. The topological polar surface area (TPSA) is 63.0 Å². The third-order valence-corrected chi connectivity index (χ3v) is 6.09. The zero-order valence-electron chi connectivity index (χ0n) is 13.0. The molecule has 22 heavy (non-hydrogen) atoms. The Morgan fingerprint density at radius 2 is 2.45 bits per heavy atom. The maximum Gasteiger partial charge on any atom is 0.204 e. The van der Waals surface area contributed by atoms with Gasteiger partial charge < -0.3 is 15.1 Å². The first kappa shape index (κ1) is 15.8. The Labute approximate surface area is 139 Å². The van der Waals surface area contributed by atoms with Crippen molar-refractivity contribution in [2.75, 3.05) is 18.4 Å². The van der Waals surface area contributed by atoms with Gasteiger partial charge in [0.2, 0.25) is 5.89 Å². The molecule has 120 valence electrons. The summed E-state index contributed by atoms with van der Waals surface area (Å²) >= 11 is 3.48. The number of thioether (sulfide) groups is 1. The number of aryl methyl sites for hydroxylation is 2. The Kier molecular flexibility index (Phi) is 5.38. The molecule has 0 amide bonds. The average Bonchev–Trinajstić information content (AvgIpc) is 3.13. The van der Waals surface area contributed by atoms with Gasteiger partial charge in [0.25, 0.3) is 0 Å². The number of thiazole rings is 1. The molecular formula is C15H22N4OS2. The minimum absolute atomic E-state index is 0.496. The van der Waals surface area contributed by atoms with Crippen molar-refractivity contribution in [3.63, 3.8) is 0 Å². The van der Waals surface area contributed by atoms with Crippen molar-refractivity contribution in [2.45, 2.75) is 49.1 Å². The largest absolute Gasteiger partial charge is 0.445 e. The number of piperidine rings is 1. The number of rotatable bonds is 6. The Bertz CT molecular complexity index is 604. The molecule has 7 heteroatoms. The van der Waals surface area contributed by atoms with E-state index in [1.54, 1.807) is 23.1 Å². The molecule has 1 atom stereocenters. The van der Waals surface area contributed by atoms with Crippen molar-refractivity contribution in [2.24, 2.45) is 0 Å². The van der Waals surface area contributed by atoms with Crippen LogP contribution in [0.1, 0.15) is 37.1 Å². The molecule has 0 spiro atoms. The van der Waals surface area contributed by atoms with Gasteiger partial charge in [-0.2, -0.15) is 0 Å². The van der Waals surface area contributed by atoms with E-state index in [1.807, 2.05) is 6.20 Å². The summed E-state index contributed by atoms with van der Waals surface area (Å²) in [6, 6.07) is 0.496. The molecule has 2 N–H and O–H groups in total. The molecule has 0 bridgehead atoms. The molecule has 0 saturated carbocycles. The van der Waals surface area contributed by atoms with Crippen molar-refractivity contribution in [3.05, 3.63) is 23.5 Å². The molecule has 1 fully saturated rings. The zero-order valence-corrected chi connectivity index (χ0v) is 14.6. The summed E-state index contributed by atoms with van der Waals surface area (Å²) in [5, 5.41) is 7.99. The van der Waals surface area contributed by atoms with Crippen LogP contribution in [0.15, 0.2) is 14.8 Å². The first-order valence-corrected chi connectivity index (χ1v) is 9.56. The third-order valence-electron chi connectivity index (χ3n) is 3.66. The Balaban J connectivity index is 1.57. The molecule has 2 aromatic rings. The number of aromatic nitrogens is 2. The predicted octanol–water partition coefficient (Wildman–Crippen LogP) is 3.46. The van der Waals surface area contributed by atoms with Crippen LogP contribution in [0.3, 0.4) is 0 Å². The first-order chi connectivity index (χ1) is 10.7. The first-order valence-electron chi connectivity index (χ1n) is 7.75. The Hall–Kier alpha value is -1.05. The van der Waals surface area contributed by atoms with Crippen LogP contribution in [0.25, 0.3) is 0 Å². The molecule has 0 unspecified atom stereocenters. The highest BCUT2D eigenvalue weighted by atomic mass is 32.2. The molecule has 3 rings (SSSR count). The van der Waals surface area contributed by atoms with Gasteiger partial charge in [0.1, 0.15) is 5.76 Å². The Morgan fingerprint density at radius 3 is 3.18 bits per heavy atom. The summed E-state index contributed by atoms with van der Waals surface area (Å²) in [6.45, 7) is 6.29. The van der Waals surface area contributed by atoms with E-state index in [1.165, 1.54) is 17.1 Å². The monoisotopic (exact) mass is 338 g/mol. The number of nitrogens with one attached hydrogen (secondary N) is 2. The van der Waals surface area contributed by atoms with E-state index in [4.69, 9.17) is 4.42 Å². The standard InChI is InChI=1S/C15H22N4OS2/c1-3-12-8-17-13(20-12)9-21-14-10(2)18-15(22-14)19-11-5-4-6-16-7-11/h8,11,16H,3-7,9H2,1-2H3,(H,18,19)/t11-/m1/s1. The van der Waals surface area contributed by atoms with Gasteiger partial charge in [0.05, 0.1) is 21.9 Å². The second-order valence-electron chi connectivity index (χ2n) is 5.44. The van der Waals surface area contributed by atoms with Crippen LogP contribution in [0.4, 0.5) is 5.13 Å². The minimum atomic E-state index is 0.496. The lowest BCUT2D eigenvalue weighted by Gasteiger charge is -2.23. The summed E-state index contributed by atoms with van der Waals surface area (Å²) in [7, 11) is 0. The normalized spacial score (nSPS) is 18.5. The molecule has 0 aliphatic carbocycles. The quantitative estimate of drug-likeness (QED) is 0.787. The van der Waals surface area contributed by atoms with E-state index in [0.717, 1.165) is 47.7 Å². The van der Waals surface area contributed by atoms with Crippen LogP contribution in [0.2, 0.25) is 0 Å². The highest BCUT2D eigenvalue weighted by Crippen LogP contribution is 2.34. The van der Waals surface area contributed by atoms with Gasteiger partial charge in [-0.05, 0) is 26.3 Å². The zero-order chi connectivity index (χ0) is 15.4. The van der Waals surface area contributed by atoms with Crippen LogP contribution < -0.4 is 10.6 Å². The van der Waals surface area contributed by atoms with Gasteiger partial charge in [-0.3, -0.25) is 0 Å². The minimum Gasteiger partial charge on any atom is -0.445 e. The van der Waals surface area contributed by atoms with Gasteiger partial charge >= 0.3 is 0 Å². The van der Waals surface area contributed by atoms with Crippen LogP contribution in [-0.4, -0.2) is 29.1 Å². The van der Waals surface area contributed by atoms with Crippen LogP contribution in [-0.2, 0) is 12.2 Å². The third kappa shape index (κ3) is 4.02. The van der Waals surface area contributed by atoms with Crippen molar-refractivity contribution in [3.8, 4) is 0 Å². The number of nitrogens with zero attached hydrogens (tertiary/aromatic N) is 2. The van der Waals surface area contributed by atoms with Gasteiger partial charge in [-0.25, -0.2) is 9.97 Å². The van der Waals surface area contributed by atoms with Crippen molar-refractivity contribution < 1.29 is 4.42 Å². The molecule has 2 aromatic heterocycles. The molecule has 5 nitrogen and oxygen atoms in total. The number of hydrogen-bond donors (Lipinski definition) is 2. The fourth-order valence-corrected chi connectivity index (χ4v) is 4.50. The van der Waals surface area contributed by atoms with Gasteiger partial charge in [-0.1, -0.05) is 18.3 Å². The van der Waals surface area contributed by atoms with E-state index < -0.39 is 0 Å². The molecule has 1 aliphatic rings. The van der Waals surface area contributed by atoms with Crippen LogP contribution in [0, 0.1) is 6.92 Å². The summed E-state index contributed by atoms with van der Waals surface area (Å²) in [4.78, 5) is 8.95. The molecule has 3 heterocycles. The van der Waals surface area contributed by atoms with E-state index in [2.05, 4.69) is 34.4 Å². The Morgan fingerprint density at radius 1 is 1.55 bits per heavy atom. The van der Waals surface area contributed by atoms with Gasteiger partial charge in [-0.15, -0.1) is 11.8 Å². The highest BCUT2D eigenvalue weighted by molar-refractivity contribution is 8.00. The summed E-state index contributed by atoms with van der Waals surface area (Å²) in [5.74, 6) is 2.50. The van der Waals surface area contributed by atoms with Gasteiger partial charge in [0, 0.05) is 19.0 Å². The summed E-state index contributed by atoms with van der Waals surface area (Å²) in [5.41, 5.74) is 1.09. The van der Waals surface area contributed by atoms with Crippen molar-refractivity contribution in [1.29, 1.82) is 0 Å². The van der Waals surface area contributed by atoms with Gasteiger partial charge in [0.15, 0.2) is 5.13 Å². The van der Waals surface area contributed by atoms with Crippen LogP contribution in [0.5, 0.6) is 0 Å². The second-order valence-corrected chi connectivity index (χ2v) is 7.69. The molecule has 1 aliphatic heterocycles. The lowest BCUT2D eigenvalue weighted by Crippen LogP contribution is -2.38. The predicted molar refractivity (Wildman–Crippen MR) is 91.8 cm³/mol. The average molecular weight is 339 g/mol. The van der Waals surface area contributed by atoms with Crippen molar-refractivity contribution >= 4 is 28.2 Å². The maximum absolute atomic E-state index is 5.65. The van der Waals surface area contributed by atoms with Crippen molar-refractivity contribution in [1.82, 2.24) is 15.3 Å². The molecule has 0 radical (unpaired) electrons. The van der Waals surface area contributed by atoms with E-state index in [0.29, 0.717) is 6.04 Å². The number of hydrogen-bond acceptors (Lipinski definition) is 7. The number of oxazole rings is 1. The fraction of sp³-hybridized carbons (Fsp3) is 0.600. The second kappa shape index (κ2) is 7.48. The number of anilines is 1. The SMILES string of the molecule is CCc1cnc(CSc2sc(N[C@@H]3CCCNC3)nc2C)o1. The maximum atomic E-state index is 5.65. The lowest BCUT2D eigenvalue weighted by atomic mass is 10.1. The fourth-order valence-electron chi connectivity index (χ4n) is 2.43. The van der Waals surface area contributed by atoms with Crippen LogP contribution >= 0.6 is 23.1 Å². The smallest absolute Gasteiger partial charge is 0.204 e. The molecule has 1 saturated heterocycles. The summed E-state index contributed by atoms with van der Waals surface area (Å²) in [6.07, 6.45) is 5.15. The summed E-state index contributed by atoms with van der Waals surface area (Å²) < 4.78 is 6.89. The van der Waals surface area contributed by atoms with E-state index in [-0.39, 0.29) is 0 Å².